The normalized spacial score (nSPS) is 12.4. The van der Waals surface area contributed by atoms with Gasteiger partial charge in [0, 0.05) is 18.5 Å². The Kier molecular flexibility index (Phi) is 4.40. The fraction of sp³-hybridized carbons (Fsp3) is 0.200. The zero-order chi connectivity index (χ0) is 20.9. The molecule has 2 N–H and O–H groups in total. The maximum Gasteiger partial charge on any atom is 0.433 e. The van der Waals surface area contributed by atoms with Crippen LogP contribution in [-0.2, 0) is 17.1 Å². The molecule has 28 heavy (non-hydrogen) atoms. The number of hydrogen-bond donors (Lipinski definition) is 2. The first-order valence-corrected chi connectivity index (χ1v) is 7.42. The van der Waals surface area contributed by atoms with E-state index < -0.39 is 46.5 Å². The van der Waals surface area contributed by atoms with Crippen molar-refractivity contribution < 1.29 is 35.9 Å². The van der Waals surface area contributed by atoms with Crippen molar-refractivity contribution in [3.05, 3.63) is 41.3 Å². The molecular weight excluding hydrogens is 396 g/mol. The average Bonchev–Trinajstić information content (AvgIpc) is 3.01. The highest BCUT2D eigenvalue weighted by Crippen LogP contribution is 2.38. The third-order valence-electron chi connectivity index (χ3n) is 3.58. The number of hydrogen-bond acceptors (Lipinski definition) is 4. The Balaban J connectivity index is 2.25. The lowest BCUT2D eigenvalue weighted by atomic mass is 10.1. The minimum atomic E-state index is -5.12. The minimum absolute atomic E-state index is 0.0739. The van der Waals surface area contributed by atoms with Crippen LogP contribution in [0, 0.1) is 0 Å². The van der Waals surface area contributed by atoms with Gasteiger partial charge in [-0.3, -0.25) is 24.8 Å². The number of halogens is 6. The number of rotatable bonds is 1. The van der Waals surface area contributed by atoms with Gasteiger partial charge in [-0.2, -0.15) is 26.3 Å². The van der Waals surface area contributed by atoms with Crippen LogP contribution < -0.4 is 10.9 Å². The van der Waals surface area contributed by atoms with Gasteiger partial charge in [-0.05, 0) is 18.2 Å². The number of nitrogens with one attached hydrogen (secondary N) is 2. The number of amides is 2. The van der Waals surface area contributed by atoms with Crippen molar-refractivity contribution in [1.29, 1.82) is 0 Å². The Hall–Kier alpha value is -3.38. The summed E-state index contributed by atoms with van der Waals surface area (Å²) in [5.74, 6) is -1.52. The Bertz CT molecular complexity index is 1100. The number of fused-ring (bicyclic) bond motifs is 3. The van der Waals surface area contributed by atoms with E-state index in [4.69, 9.17) is 0 Å². The maximum atomic E-state index is 13.3. The van der Waals surface area contributed by atoms with E-state index in [0.29, 0.717) is 0 Å². The van der Waals surface area contributed by atoms with Gasteiger partial charge in [0.05, 0.1) is 5.56 Å². The van der Waals surface area contributed by atoms with Crippen molar-refractivity contribution >= 4 is 28.5 Å². The van der Waals surface area contributed by atoms with E-state index in [-0.39, 0.29) is 17.4 Å². The lowest BCUT2D eigenvalue weighted by Crippen LogP contribution is -2.40. The second kappa shape index (κ2) is 6.35. The van der Waals surface area contributed by atoms with Crippen LogP contribution >= 0.6 is 0 Å². The number of aromatic nitrogens is 3. The fourth-order valence-electron chi connectivity index (χ4n) is 2.43. The smallest absolute Gasteiger partial charge is 0.283 e. The van der Waals surface area contributed by atoms with E-state index in [9.17, 15) is 35.9 Å². The molecule has 13 heteroatoms. The van der Waals surface area contributed by atoms with Crippen LogP contribution in [0.3, 0.4) is 0 Å². The molecule has 0 bridgehead atoms. The summed E-state index contributed by atoms with van der Waals surface area (Å²) in [5.41, 5.74) is -0.434. The molecule has 0 aliphatic rings. The lowest BCUT2D eigenvalue weighted by Gasteiger charge is -2.14. The van der Waals surface area contributed by atoms with Crippen LogP contribution in [0.25, 0.3) is 16.7 Å². The molecule has 148 valence electrons. The molecule has 3 heterocycles. The highest BCUT2D eigenvalue weighted by Gasteiger charge is 2.39. The summed E-state index contributed by atoms with van der Waals surface area (Å²) in [6, 6.07) is 1.94. The summed E-state index contributed by atoms with van der Waals surface area (Å²) >= 11 is 0. The van der Waals surface area contributed by atoms with Gasteiger partial charge < -0.3 is 0 Å². The largest absolute Gasteiger partial charge is 0.433 e. The third-order valence-corrected chi connectivity index (χ3v) is 3.58. The second-order valence-electron chi connectivity index (χ2n) is 5.61. The van der Waals surface area contributed by atoms with Crippen molar-refractivity contribution in [3.8, 4) is 0 Å². The van der Waals surface area contributed by atoms with Gasteiger partial charge in [0.2, 0.25) is 5.91 Å². The van der Waals surface area contributed by atoms with Gasteiger partial charge in [0.15, 0.2) is 0 Å². The Morgan fingerprint density at radius 2 is 1.68 bits per heavy atom. The number of hydrazine groups is 1. The van der Waals surface area contributed by atoms with Crippen molar-refractivity contribution in [1.82, 2.24) is 25.2 Å². The molecule has 0 saturated heterocycles. The predicted molar refractivity (Wildman–Crippen MR) is 81.8 cm³/mol. The molecule has 2 amide bonds. The lowest BCUT2D eigenvalue weighted by molar-refractivity contribution is -0.144. The molecule has 0 spiro atoms. The molecule has 0 aromatic carbocycles. The van der Waals surface area contributed by atoms with Crippen molar-refractivity contribution in [3.63, 3.8) is 0 Å². The van der Waals surface area contributed by atoms with Crippen LogP contribution in [0.15, 0.2) is 24.4 Å². The highest BCUT2D eigenvalue weighted by molar-refractivity contribution is 5.94. The van der Waals surface area contributed by atoms with Crippen LogP contribution in [0.5, 0.6) is 0 Å². The van der Waals surface area contributed by atoms with Crippen LogP contribution in [0.4, 0.5) is 26.3 Å². The number of imidazole rings is 1. The maximum absolute atomic E-state index is 13.3. The van der Waals surface area contributed by atoms with E-state index >= 15 is 0 Å². The standard InChI is InChI=1S/C15H9F6N5O2/c1-6(27)24-25-13(28)9-5-26-11(22-9)3-2-7-8(14(16,17)18)4-10(15(19,20)21)23-12(7)26/h2-5H,1H3,(H,24,27)(H,25,28). The summed E-state index contributed by atoms with van der Waals surface area (Å²) in [6.07, 6.45) is -9.27. The Labute approximate surface area is 151 Å². The molecule has 0 saturated carbocycles. The van der Waals surface area contributed by atoms with Crippen LogP contribution in [-0.4, -0.2) is 26.2 Å². The highest BCUT2D eigenvalue weighted by atomic mass is 19.4. The van der Waals surface area contributed by atoms with Gasteiger partial charge in [0.1, 0.15) is 22.7 Å². The van der Waals surface area contributed by atoms with Crippen molar-refractivity contribution in [2.24, 2.45) is 0 Å². The second-order valence-corrected chi connectivity index (χ2v) is 5.61. The quantitative estimate of drug-likeness (QED) is 0.481. The van der Waals surface area contributed by atoms with E-state index in [1.165, 1.54) is 0 Å². The summed E-state index contributed by atoms with van der Waals surface area (Å²) < 4.78 is 79.8. The average molecular weight is 405 g/mol. The van der Waals surface area contributed by atoms with Gasteiger partial charge >= 0.3 is 12.4 Å². The van der Waals surface area contributed by atoms with Crippen molar-refractivity contribution in [2.45, 2.75) is 19.3 Å². The van der Waals surface area contributed by atoms with Gasteiger partial charge in [-0.1, -0.05) is 0 Å². The topological polar surface area (TPSA) is 88.4 Å². The van der Waals surface area contributed by atoms with E-state index in [0.717, 1.165) is 29.7 Å². The Morgan fingerprint density at radius 3 is 2.25 bits per heavy atom. The molecule has 0 atom stereocenters. The summed E-state index contributed by atoms with van der Waals surface area (Å²) in [4.78, 5) is 29.9. The van der Waals surface area contributed by atoms with Crippen LogP contribution in [0.2, 0.25) is 0 Å². The monoisotopic (exact) mass is 405 g/mol. The first-order valence-electron chi connectivity index (χ1n) is 7.42. The van der Waals surface area contributed by atoms with Crippen molar-refractivity contribution in [2.75, 3.05) is 0 Å². The molecular formula is C15H9F6N5O2. The molecule has 3 aromatic heterocycles. The molecule has 0 fully saturated rings. The number of pyridine rings is 2. The summed E-state index contributed by atoms with van der Waals surface area (Å²) in [6.45, 7) is 1.11. The SMILES string of the molecule is CC(=O)NNC(=O)c1cn2c(ccc3c(C(F)(F)F)cc(C(F)(F)F)nc32)n1. The fourth-order valence-corrected chi connectivity index (χ4v) is 2.43. The van der Waals surface area contributed by atoms with Gasteiger partial charge in [0.25, 0.3) is 5.91 Å². The first kappa shape index (κ1) is 19.4. The number of nitrogens with zero attached hydrogens (tertiary/aromatic N) is 3. The molecule has 3 rings (SSSR count). The van der Waals surface area contributed by atoms with Gasteiger partial charge in [-0.25, -0.2) is 9.97 Å². The van der Waals surface area contributed by atoms with Gasteiger partial charge in [-0.15, -0.1) is 0 Å². The Morgan fingerprint density at radius 1 is 1.00 bits per heavy atom. The van der Waals surface area contributed by atoms with E-state index in [1.807, 2.05) is 10.9 Å². The molecule has 3 aromatic rings. The minimum Gasteiger partial charge on any atom is -0.283 e. The number of alkyl halides is 6. The zero-order valence-electron chi connectivity index (χ0n) is 13.7. The predicted octanol–water partition coefficient (Wildman–Crippen LogP) is 2.70. The first-order chi connectivity index (χ1) is 12.9. The third kappa shape index (κ3) is 3.54. The molecule has 0 aliphatic carbocycles. The van der Waals surface area contributed by atoms with E-state index in [1.54, 1.807) is 0 Å². The number of carbonyl (C=O) groups excluding carboxylic acids is 2. The number of carbonyl (C=O) groups is 2. The molecule has 7 nitrogen and oxygen atoms in total. The van der Waals surface area contributed by atoms with Crippen LogP contribution in [0.1, 0.15) is 28.7 Å². The summed E-state index contributed by atoms with van der Waals surface area (Å²) in [5, 5.41) is -0.598. The molecule has 0 unspecified atom stereocenters. The van der Waals surface area contributed by atoms with E-state index in [2.05, 4.69) is 9.97 Å². The summed E-state index contributed by atoms with van der Waals surface area (Å²) in [7, 11) is 0. The zero-order valence-corrected chi connectivity index (χ0v) is 13.7. The molecule has 0 radical (unpaired) electrons. The molecule has 0 aliphatic heterocycles.